The van der Waals surface area contributed by atoms with Gasteiger partial charge in [-0.05, 0) is 42.3 Å². The van der Waals surface area contributed by atoms with Gasteiger partial charge in [0.05, 0.1) is 7.11 Å². The monoisotopic (exact) mass is 257 g/mol. The molecule has 0 saturated carbocycles. The molecule has 0 amide bonds. The normalized spacial score (nSPS) is 12.1. The lowest BCUT2D eigenvalue weighted by atomic mass is 9.91. The van der Waals surface area contributed by atoms with Crippen LogP contribution in [-0.2, 0) is 6.42 Å². The third-order valence-corrected chi connectivity index (χ3v) is 3.33. The molecule has 0 radical (unpaired) electrons. The number of nitrogens with two attached hydrogens (primary N) is 1. The Bertz CT molecular complexity index is 523. The molecule has 2 rings (SSSR count). The Morgan fingerprint density at radius 2 is 1.79 bits per heavy atom. The molecular weight excluding hydrogens is 238 g/mol. The first kappa shape index (κ1) is 13.4. The molecule has 3 heteroatoms. The Kier molecular flexibility index (Phi) is 4.42. The highest BCUT2D eigenvalue weighted by molar-refractivity contribution is 5.35. The molecule has 0 heterocycles. The van der Waals surface area contributed by atoms with Crippen molar-refractivity contribution >= 4 is 0 Å². The van der Waals surface area contributed by atoms with Crippen LogP contribution in [0.1, 0.15) is 17.0 Å². The summed E-state index contributed by atoms with van der Waals surface area (Å²) < 4.78 is 5.15. The van der Waals surface area contributed by atoms with Crippen molar-refractivity contribution in [3.05, 3.63) is 59.7 Å². The predicted octanol–water partition coefficient (Wildman–Crippen LogP) is 2.69. The highest BCUT2D eigenvalue weighted by Crippen LogP contribution is 2.26. The van der Waals surface area contributed by atoms with Crippen molar-refractivity contribution in [3.8, 4) is 11.5 Å². The molecule has 0 aromatic heterocycles. The molecule has 3 N–H and O–H groups in total. The second-order valence-electron chi connectivity index (χ2n) is 4.54. The van der Waals surface area contributed by atoms with Crippen LogP contribution < -0.4 is 10.5 Å². The van der Waals surface area contributed by atoms with Gasteiger partial charge in [0.25, 0.3) is 0 Å². The maximum Gasteiger partial charge on any atom is 0.118 e. The zero-order valence-corrected chi connectivity index (χ0v) is 11.0. The van der Waals surface area contributed by atoms with Crippen LogP contribution in [0.5, 0.6) is 11.5 Å². The number of hydrogen-bond donors (Lipinski definition) is 2. The first-order valence-electron chi connectivity index (χ1n) is 6.35. The zero-order valence-electron chi connectivity index (χ0n) is 11.0. The van der Waals surface area contributed by atoms with Gasteiger partial charge in [-0.15, -0.1) is 0 Å². The Morgan fingerprint density at radius 3 is 2.37 bits per heavy atom. The Labute approximate surface area is 113 Å². The highest BCUT2D eigenvalue weighted by Gasteiger charge is 2.12. The second-order valence-corrected chi connectivity index (χ2v) is 4.54. The van der Waals surface area contributed by atoms with Crippen LogP contribution in [0, 0.1) is 0 Å². The van der Waals surface area contributed by atoms with E-state index in [0.29, 0.717) is 12.3 Å². The number of para-hydroxylation sites is 1. The van der Waals surface area contributed by atoms with Gasteiger partial charge in [0.1, 0.15) is 11.5 Å². The first-order chi connectivity index (χ1) is 9.24. The van der Waals surface area contributed by atoms with Crippen LogP contribution in [0.3, 0.4) is 0 Å². The van der Waals surface area contributed by atoms with Gasteiger partial charge < -0.3 is 15.6 Å². The molecule has 0 bridgehead atoms. The molecule has 100 valence electrons. The summed E-state index contributed by atoms with van der Waals surface area (Å²) in [5.74, 6) is 1.36. The van der Waals surface area contributed by atoms with E-state index < -0.39 is 0 Å². The van der Waals surface area contributed by atoms with Gasteiger partial charge in [-0.2, -0.15) is 0 Å². The molecular formula is C16H19NO2. The third kappa shape index (κ3) is 3.26. The zero-order chi connectivity index (χ0) is 13.7. The average molecular weight is 257 g/mol. The van der Waals surface area contributed by atoms with E-state index in [-0.39, 0.29) is 5.92 Å². The average Bonchev–Trinajstić information content (AvgIpc) is 2.47. The van der Waals surface area contributed by atoms with Crippen molar-refractivity contribution in [1.82, 2.24) is 0 Å². The van der Waals surface area contributed by atoms with Crippen LogP contribution in [0.25, 0.3) is 0 Å². The molecule has 1 atom stereocenters. The molecule has 0 aliphatic carbocycles. The van der Waals surface area contributed by atoms with Crippen molar-refractivity contribution in [1.29, 1.82) is 0 Å². The lowest BCUT2D eigenvalue weighted by molar-refractivity contribution is 0.414. The summed E-state index contributed by atoms with van der Waals surface area (Å²) in [4.78, 5) is 0. The van der Waals surface area contributed by atoms with Crippen LogP contribution in [-0.4, -0.2) is 18.8 Å². The fourth-order valence-electron chi connectivity index (χ4n) is 2.16. The number of phenolic OH excluding ortho intramolecular Hbond substituents is 1. The SMILES string of the molecule is COc1ccc(C(CN)Cc2ccccc2O)cc1. The van der Waals surface area contributed by atoms with Crippen molar-refractivity contribution in [2.24, 2.45) is 5.73 Å². The molecule has 2 aromatic rings. The first-order valence-corrected chi connectivity index (χ1v) is 6.35. The Morgan fingerprint density at radius 1 is 1.11 bits per heavy atom. The fraction of sp³-hybridized carbons (Fsp3) is 0.250. The van der Waals surface area contributed by atoms with Gasteiger partial charge in [0.2, 0.25) is 0 Å². The smallest absolute Gasteiger partial charge is 0.118 e. The molecule has 0 aliphatic heterocycles. The van der Waals surface area contributed by atoms with E-state index in [9.17, 15) is 5.11 Å². The standard InChI is InChI=1S/C16H19NO2/c1-19-15-8-6-12(7-9-15)14(11-17)10-13-4-2-3-5-16(13)18/h2-9,14,18H,10-11,17H2,1H3. The minimum absolute atomic E-state index is 0.194. The molecule has 0 aliphatic rings. The van der Waals surface area contributed by atoms with E-state index in [1.807, 2.05) is 42.5 Å². The van der Waals surface area contributed by atoms with Gasteiger partial charge in [-0.25, -0.2) is 0 Å². The number of phenols is 1. The molecule has 0 spiro atoms. The summed E-state index contributed by atoms with van der Waals surface area (Å²) in [6.07, 6.45) is 0.732. The number of methoxy groups -OCH3 is 1. The van der Waals surface area contributed by atoms with Crippen LogP contribution >= 0.6 is 0 Å². The minimum atomic E-state index is 0.194. The van der Waals surface area contributed by atoms with Gasteiger partial charge in [-0.1, -0.05) is 30.3 Å². The quantitative estimate of drug-likeness (QED) is 0.866. The molecule has 0 saturated heterocycles. The van der Waals surface area contributed by atoms with Crippen LogP contribution in [0.15, 0.2) is 48.5 Å². The topological polar surface area (TPSA) is 55.5 Å². The predicted molar refractivity (Wildman–Crippen MR) is 76.6 cm³/mol. The largest absolute Gasteiger partial charge is 0.508 e. The van der Waals surface area contributed by atoms with Gasteiger partial charge in [0.15, 0.2) is 0 Å². The molecule has 1 unspecified atom stereocenters. The minimum Gasteiger partial charge on any atom is -0.508 e. The van der Waals surface area contributed by atoms with Crippen molar-refractivity contribution < 1.29 is 9.84 Å². The lowest BCUT2D eigenvalue weighted by Crippen LogP contribution is -2.15. The van der Waals surface area contributed by atoms with E-state index in [4.69, 9.17) is 10.5 Å². The summed E-state index contributed by atoms with van der Waals surface area (Å²) >= 11 is 0. The summed E-state index contributed by atoms with van der Waals surface area (Å²) in [7, 11) is 1.65. The maximum atomic E-state index is 9.82. The van der Waals surface area contributed by atoms with Gasteiger partial charge in [0, 0.05) is 5.92 Å². The highest BCUT2D eigenvalue weighted by atomic mass is 16.5. The lowest BCUT2D eigenvalue weighted by Gasteiger charge is -2.16. The van der Waals surface area contributed by atoms with Crippen molar-refractivity contribution in [2.45, 2.75) is 12.3 Å². The fourth-order valence-corrected chi connectivity index (χ4v) is 2.16. The Hall–Kier alpha value is -2.00. The molecule has 3 nitrogen and oxygen atoms in total. The third-order valence-electron chi connectivity index (χ3n) is 3.33. The van der Waals surface area contributed by atoms with E-state index in [0.717, 1.165) is 23.3 Å². The summed E-state index contributed by atoms with van der Waals surface area (Å²) in [5, 5.41) is 9.82. The van der Waals surface area contributed by atoms with Crippen molar-refractivity contribution in [2.75, 3.05) is 13.7 Å². The number of benzene rings is 2. The van der Waals surface area contributed by atoms with Crippen LogP contribution in [0.2, 0.25) is 0 Å². The number of rotatable bonds is 5. The van der Waals surface area contributed by atoms with E-state index in [2.05, 4.69) is 0 Å². The second kappa shape index (κ2) is 6.25. The number of ether oxygens (including phenoxy) is 1. The number of aromatic hydroxyl groups is 1. The maximum absolute atomic E-state index is 9.82. The number of hydrogen-bond acceptors (Lipinski definition) is 3. The van der Waals surface area contributed by atoms with E-state index in [1.165, 1.54) is 0 Å². The Balaban J connectivity index is 2.17. The van der Waals surface area contributed by atoms with Gasteiger partial charge >= 0.3 is 0 Å². The van der Waals surface area contributed by atoms with Crippen LogP contribution in [0.4, 0.5) is 0 Å². The van der Waals surface area contributed by atoms with E-state index in [1.54, 1.807) is 13.2 Å². The summed E-state index contributed by atoms with van der Waals surface area (Å²) in [6, 6.07) is 15.3. The van der Waals surface area contributed by atoms with Crippen molar-refractivity contribution in [3.63, 3.8) is 0 Å². The molecule has 0 fully saturated rings. The molecule has 2 aromatic carbocycles. The van der Waals surface area contributed by atoms with Gasteiger partial charge in [-0.3, -0.25) is 0 Å². The van der Waals surface area contributed by atoms with E-state index >= 15 is 0 Å². The molecule has 19 heavy (non-hydrogen) atoms. The summed E-state index contributed by atoms with van der Waals surface area (Å²) in [6.45, 7) is 0.542. The summed E-state index contributed by atoms with van der Waals surface area (Å²) in [5.41, 5.74) is 7.94.